The molecule has 0 bridgehead atoms. The van der Waals surface area contributed by atoms with E-state index in [1.807, 2.05) is 0 Å². The van der Waals surface area contributed by atoms with Crippen molar-refractivity contribution in [3.05, 3.63) is 63.6 Å². The number of halogens is 2. The second kappa shape index (κ2) is 5.86. The summed E-state index contributed by atoms with van der Waals surface area (Å²) in [6, 6.07) is 13.3. The lowest BCUT2D eigenvalue weighted by atomic mass is 10.2. The van der Waals surface area contributed by atoms with Crippen molar-refractivity contribution in [2.24, 2.45) is 4.40 Å². The fraction of sp³-hybridized carbons (Fsp3) is 0. The van der Waals surface area contributed by atoms with Crippen LogP contribution in [0, 0.1) is 0 Å². The first-order valence-electron chi connectivity index (χ1n) is 5.29. The molecule has 2 aromatic carbocycles. The van der Waals surface area contributed by atoms with Crippen LogP contribution >= 0.6 is 27.5 Å². The first-order valence-corrected chi connectivity index (χ1v) is 7.90. The summed E-state index contributed by atoms with van der Waals surface area (Å²) in [4.78, 5) is 0.139. The monoisotopic (exact) mass is 357 g/mol. The smallest absolute Gasteiger partial charge is 0.199 e. The van der Waals surface area contributed by atoms with E-state index in [-0.39, 0.29) is 4.90 Å². The third-order valence-electron chi connectivity index (χ3n) is 2.33. The lowest BCUT2D eigenvalue weighted by Crippen LogP contribution is -1.98. The summed E-state index contributed by atoms with van der Waals surface area (Å²) >= 11 is 8.95. The molecule has 19 heavy (non-hydrogen) atoms. The lowest BCUT2D eigenvalue weighted by molar-refractivity contribution is 0.597. The zero-order chi connectivity index (χ0) is 13.9. The Labute approximate surface area is 125 Å². The number of nitrogens with zero attached hydrogens (tertiary/aromatic N) is 1. The van der Waals surface area contributed by atoms with Crippen molar-refractivity contribution in [1.82, 2.24) is 0 Å². The molecule has 6 heteroatoms. The summed E-state index contributed by atoms with van der Waals surface area (Å²) in [6.45, 7) is 0. The van der Waals surface area contributed by atoms with E-state index in [1.165, 1.54) is 12.3 Å². The fourth-order valence-electron chi connectivity index (χ4n) is 1.39. The van der Waals surface area contributed by atoms with Crippen LogP contribution in [0.4, 0.5) is 0 Å². The summed E-state index contributed by atoms with van der Waals surface area (Å²) in [6.07, 6.45) is 1.30. The largest absolute Gasteiger partial charge is 0.283 e. The Morgan fingerprint density at radius 3 is 2.32 bits per heavy atom. The van der Waals surface area contributed by atoms with Crippen LogP contribution in [0.15, 0.2) is 62.3 Å². The third-order valence-corrected chi connectivity index (χ3v) is 4.83. The van der Waals surface area contributed by atoms with Crippen LogP contribution in [0.25, 0.3) is 0 Å². The minimum Gasteiger partial charge on any atom is -0.199 e. The molecule has 0 unspecified atom stereocenters. The SMILES string of the molecule is O=S(=O)(N=Cc1ccc(Cl)cc1)c1ccccc1Br. The molecule has 0 N–H and O–H groups in total. The van der Waals surface area contributed by atoms with Gasteiger partial charge >= 0.3 is 0 Å². The van der Waals surface area contributed by atoms with Gasteiger partial charge in [-0.1, -0.05) is 35.9 Å². The first kappa shape index (κ1) is 14.2. The van der Waals surface area contributed by atoms with Crippen LogP contribution in [0.2, 0.25) is 5.02 Å². The molecule has 0 saturated heterocycles. The van der Waals surface area contributed by atoms with Crippen LogP contribution < -0.4 is 0 Å². The molecule has 0 heterocycles. The summed E-state index contributed by atoms with van der Waals surface area (Å²) in [5, 5.41) is 0.589. The van der Waals surface area contributed by atoms with Gasteiger partial charge in [0.05, 0.1) is 0 Å². The maximum Gasteiger partial charge on any atom is 0.283 e. The molecule has 0 spiro atoms. The predicted molar refractivity (Wildman–Crippen MR) is 80.4 cm³/mol. The number of sulfonamides is 1. The minimum absolute atomic E-state index is 0.139. The van der Waals surface area contributed by atoms with Crippen molar-refractivity contribution in [3.63, 3.8) is 0 Å². The van der Waals surface area contributed by atoms with Gasteiger partial charge in [-0.15, -0.1) is 0 Å². The van der Waals surface area contributed by atoms with Crippen molar-refractivity contribution >= 4 is 43.8 Å². The van der Waals surface area contributed by atoms with Crippen molar-refractivity contribution in [2.75, 3.05) is 0 Å². The molecule has 2 aromatic rings. The Morgan fingerprint density at radius 1 is 1.05 bits per heavy atom. The van der Waals surface area contributed by atoms with Crippen molar-refractivity contribution < 1.29 is 8.42 Å². The minimum atomic E-state index is -3.71. The quantitative estimate of drug-likeness (QED) is 0.781. The highest BCUT2D eigenvalue weighted by Gasteiger charge is 2.14. The highest BCUT2D eigenvalue weighted by atomic mass is 79.9. The lowest BCUT2D eigenvalue weighted by Gasteiger charge is -2.01. The van der Waals surface area contributed by atoms with Crippen LogP contribution in [-0.2, 0) is 10.0 Å². The highest BCUT2D eigenvalue weighted by Crippen LogP contribution is 2.22. The average molecular weight is 359 g/mol. The topological polar surface area (TPSA) is 46.5 Å². The molecule has 0 saturated carbocycles. The summed E-state index contributed by atoms with van der Waals surface area (Å²) in [5.74, 6) is 0. The van der Waals surface area contributed by atoms with E-state index >= 15 is 0 Å². The second-order valence-electron chi connectivity index (χ2n) is 3.69. The van der Waals surface area contributed by atoms with Crippen molar-refractivity contribution in [1.29, 1.82) is 0 Å². The van der Waals surface area contributed by atoms with E-state index < -0.39 is 10.0 Å². The summed E-state index contributed by atoms with van der Waals surface area (Å²) < 4.78 is 28.2. The van der Waals surface area contributed by atoms with Gasteiger partial charge in [-0.25, -0.2) is 0 Å². The zero-order valence-electron chi connectivity index (χ0n) is 9.62. The average Bonchev–Trinajstić information content (AvgIpc) is 2.38. The van der Waals surface area contributed by atoms with Crippen molar-refractivity contribution in [2.45, 2.75) is 4.90 Å². The van der Waals surface area contributed by atoms with E-state index in [0.717, 1.165) is 0 Å². The van der Waals surface area contributed by atoms with Crippen molar-refractivity contribution in [3.8, 4) is 0 Å². The molecule has 0 aromatic heterocycles. The van der Waals surface area contributed by atoms with Gasteiger partial charge in [0.25, 0.3) is 10.0 Å². The Morgan fingerprint density at radius 2 is 1.68 bits per heavy atom. The number of benzene rings is 2. The predicted octanol–water partition coefficient (Wildman–Crippen LogP) is 3.91. The molecule has 0 radical (unpaired) electrons. The molecule has 0 atom stereocenters. The molecule has 0 aliphatic heterocycles. The van der Waals surface area contributed by atoms with E-state index in [4.69, 9.17) is 11.6 Å². The van der Waals surface area contributed by atoms with Gasteiger partial charge in [0.15, 0.2) is 0 Å². The molecule has 98 valence electrons. The van der Waals surface area contributed by atoms with Gasteiger partial charge < -0.3 is 0 Å². The van der Waals surface area contributed by atoms with Gasteiger partial charge in [0.2, 0.25) is 0 Å². The number of hydrogen-bond acceptors (Lipinski definition) is 2. The Balaban J connectivity index is 2.32. The van der Waals surface area contributed by atoms with Crippen LogP contribution in [0.1, 0.15) is 5.56 Å². The maximum atomic E-state index is 12.0. The molecule has 0 fully saturated rings. The van der Waals surface area contributed by atoms with Gasteiger partial charge in [-0.2, -0.15) is 12.8 Å². The van der Waals surface area contributed by atoms with Gasteiger partial charge in [0, 0.05) is 15.7 Å². The Kier molecular flexibility index (Phi) is 4.39. The van der Waals surface area contributed by atoms with Gasteiger partial charge in [-0.3, -0.25) is 0 Å². The molecular formula is C13H9BrClNO2S. The number of hydrogen-bond donors (Lipinski definition) is 0. The molecule has 2 rings (SSSR count). The van der Waals surface area contributed by atoms with Crippen LogP contribution in [0.5, 0.6) is 0 Å². The highest BCUT2D eigenvalue weighted by molar-refractivity contribution is 9.10. The van der Waals surface area contributed by atoms with Crippen LogP contribution in [-0.4, -0.2) is 14.6 Å². The summed E-state index contributed by atoms with van der Waals surface area (Å²) in [5.41, 5.74) is 0.667. The number of rotatable bonds is 3. The van der Waals surface area contributed by atoms with E-state index in [9.17, 15) is 8.42 Å². The fourth-order valence-corrected chi connectivity index (χ4v) is 3.35. The Hall–Kier alpha value is -1.17. The molecule has 3 nitrogen and oxygen atoms in total. The van der Waals surface area contributed by atoms with E-state index in [1.54, 1.807) is 42.5 Å². The molecular weight excluding hydrogens is 350 g/mol. The first-order chi connectivity index (χ1) is 8.99. The second-order valence-corrected chi connectivity index (χ2v) is 6.58. The van der Waals surface area contributed by atoms with Gasteiger partial charge in [-0.05, 0) is 45.8 Å². The molecule has 0 amide bonds. The Bertz CT molecular complexity index is 712. The molecule has 0 aliphatic carbocycles. The zero-order valence-corrected chi connectivity index (χ0v) is 12.8. The summed E-state index contributed by atoms with van der Waals surface area (Å²) in [7, 11) is -3.71. The van der Waals surface area contributed by atoms with E-state index in [2.05, 4.69) is 20.3 Å². The van der Waals surface area contributed by atoms with Crippen LogP contribution in [0.3, 0.4) is 0 Å². The standard InChI is InChI=1S/C13H9BrClNO2S/c14-12-3-1-2-4-13(12)19(17,18)16-9-10-5-7-11(15)8-6-10/h1-9H. The third kappa shape index (κ3) is 3.65. The normalized spacial score (nSPS) is 11.9. The van der Waals surface area contributed by atoms with E-state index in [0.29, 0.717) is 15.1 Å². The van der Waals surface area contributed by atoms with Gasteiger partial charge in [0.1, 0.15) is 4.90 Å². The molecule has 0 aliphatic rings. The maximum absolute atomic E-state index is 12.0.